The van der Waals surface area contributed by atoms with Crippen LogP contribution in [0.2, 0.25) is 0 Å². The summed E-state index contributed by atoms with van der Waals surface area (Å²) in [6, 6.07) is 3.91. The van der Waals surface area contributed by atoms with E-state index >= 15 is 0 Å². The van der Waals surface area contributed by atoms with Crippen LogP contribution >= 0.6 is 0 Å². The Kier molecular flexibility index (Phi) is 4.19. The third kappa shape index (κ3) is 3.14. The van der Waals surface area contributed by atoms with Gasteiger partial charge >= 0.3 is 0 Å². The summed E-state index contributed by atoms with van der Waals surface area (Å²) < 4.78 is 5.14. The predicted molar refractivity (Wildman–Crippen MR) is 63.4 cm³/mol. The normalized spacial score (nSPS) is 11.5. The molecule has 0 fully saturated rings. The fourth-order valence-corrected chi connectivity index (χ4v) is 1.26. The zero-order valence-electron chi connectivity index (χ0n) is 10.4. The van der Waals surface area contributed by atoms with Crippen molar-refractivity contribution in [1.82, 2.24) is 4.98 Å². The molecule has 1 aromatic heterocycles. The average Bonchev–Trinajstić information content (AvgIpc) is 2.30. The van der Waals surface area contributed by atoms with Gasteiger partial charge in [-0.15, -0.1) is 0 Å². The minimum absolute atomic E-state index is 0.0479. The molecule has 1 heterocycles. The maximum Gasteiger partial charge on any atom is 0.169 e. The molecular weight excluding hydrogens is 202 g/mol. The van der Waals surface area contributed by atoms with E-state index in [-0.39, 0.29) is 5.78 Å². The van der Waals surface area contributed by atoms with Crippen molar-refractivity contribution in [1.29, 1.82) is 0 Å². The molecule has 0 aliphatic carbocycles. The van der Waals surface area contributed by atoms with Crippen molar-refractivity contribution >= 4 is 5.78 Å². The molecule has 0 N–H and O–H groups in total. The van der Waals surface area contributed by atoms with Gasteiger partial charge in [0.2, 0.25) is 0 Å². The number of carbonyl (C=O) groups excluding carboxylic acids is 1. The van der Waals surface area contributed by atoms with Gasteiger partial charge in [-0.05, 0) is 31.9 Å². The summed E-state index contributed by atoms with van der Waals surface area (Å²) >= 11 is 0. The van der Waals surface area contributed by atoms with Crippen LogP contribution in [0.5, 0.6) is 0 Å². The number of ketones is 1. The molecule has 0 saturated heterocycles. The van der Waals surface area contributed by atoms with Crippen LogP contribution in [0.4, 0.5) is 0 Å². The third-order valence-electron chi connectivity index (χ3n) is 2.82. The Balaban J connectivity index is 2.70. The first kappa shape index (κ1) is 12.8. The minimum atomic E-state index is -0.731. The van der Waals surface area contributed by atoms with Crippen LogP contribution in [0.3, 0.4) is 0 Å². The molecule has 3 nitrogen and oxygen atoms in total. The lowest BCUT2D eigenvalue weighted by Crippen LogP contribution is -2.35. The van der Waals surface area contributed by atoms with Gasteiger partial charge in [-0.3, -0.25) is 9.78 Å². The van der Waals surface area contributed by atoms with Gasteiger partial charge in [-0.1, -0.05) is 13.0 Å². The SMILES string of the molecule is CCc1ccc(CC(=O)C(C)(C)OC)nc1. The molecule has 0 aliphatic heterocycles. The predicted octanol–water partition coefficient (Wildman–Crippen LogP) is 2.18. The van der Waals surface area contributed by atoms with Crippen LogP contribution in [-0.4, -0.2) is 23.5 Å². The molecule has 0 saturated carbocycles. The zero-order chi connectivity index (χ0) is 12.2. The Morgan fingerprint density at radius 2 is 2.12 bits per heavy atom. The van der Waals surface area contributed by atoms with E-state index in [9.17, 15) is 4.79 Å². The van der Waals surface area contributed by atoms with Gasteiger partial charge in [-0.25, -0.2) is 0 Å². The first-order chi connectivity index (χ1) is 7.49. The second kappa shape index (κ2) is 5.21. The van der Waals surface area contributed by atoms with E-state index in [1.54, 1.807) is 21.0 Å². The van der Waals surface area contributed by atoms with Crippen LogP contribution in [-0.2, 0) is 22.4 Å². The largest absolute Gasteiger partial charge is 0.371 e. The fourth-order valence-electron chi connectivity index (χ4n) is 1.26. The summed E-state index contributed by atoms with van der Waals surface area (Å²) in [5.41, 5.74) is 1.25. The Morgan fingerprint density at radius 3 is 2.56 bits per heavy atom. The number of Topliss-reactive ketones (excluding diaryl/α,β-unsaturated/α-hetero) is 1. The third-order valence-corrected chi connectivity index (χ3v) is 2.82. The molecule has 16 heavy (non-hydrogen) atoms. The van der Waals surface area contributed by atoms with Crippen molar-refractivity contribution in [2.24, 2.45) is 0 Å². The second-order valence-corrected chi connectivity index (χ2v) is 4.33. The number of methoxy groups -OCH3 is 1. The molecule has 3 heteroatoms. The van der Waals surface area contributed by atoms with Gasteiger partial charge in [0.05, 0.1) is 6.42 Å². The first-order valence-corrected chi connectivity index (χ1v) is 5.52. The van der Waals surface area contributed by atoms with E-state index in [1.165, 1.54) is 5.56 Å². The van der Waals surface area contributed by atoms with E-state index in [0.717, 1.165) is 12.1 Å². The van der Waals surface area contributed by atoms with E-state index in [0.29, 0.717) is 6.42 Å². The first-order valence-electron chi connectivity index (χ1n) is 5.52. The lowest BCUT2D eigenvalue weighted by Gasteiger charge is -2.20. The number of aryl methyl sites for hydroxylation is 1. The van der Waals surface area contributed by atoms with Crippen molar-refractivity contribution in [2.75, 3.05) is 7.11 Å². The van der Waals surface area contributed by atoms with Crippen LogP contribution in [0.25, 0.3) is 0 Å². The highest BCUT2D eigenvalue weighted by molar-refractivity contribution is 5.88. The Hall–Kier alpha value is -1.22. The van der Waals surface area contributed by atoms with Gasteiger partial charge in [0, 0.05) is 19.0 Å². The number of rotatable bonds is 5. The molecule has 0 unspecified atom stereocenters. The zero-order valence-corrected chi connectivity index (χ0v) is 10.4. The number of pyridine rings is 1. The quantitative estimate of drug-likeness (QED) is 0.765. The fraction of sp³-hybridized carbons (Fsp3) is 0.538. The Morgan fingerprint density at radius 1 is 1.44 bits per heavy atom. The van der Waals surface area contributed by atoms with Gasteiger partial charge in [-0.2, -0.15) is 0 Å². The molecule has 1 rings (SSSR count). The summed E-state index contributed by atoms with van der Waals surface area (Å²) in [5.74, 6) is 0.0479. The summed E-state index contributed by atoms with van der Waals surface area (Å²) in [6.45, 7) is 5.63. The number of hydrogen-bond donors (Lipinski definition) is 0. The number of nitrogens with zero attached hydrogens (tertiary/aromatic N) is 1. The van der Waals surface area contributed by atoms with Crippen molar-refractivity contribution in [3.63, 3.8) is 0 Å². The average molecular weight is 221 g/mol. The molecule has 0 aliphatic rings. The maximum atomic E-state index is 11.9. The lowest BCUT2D eigenvalue weighted by molar-refractivity contribution is -0.136. The number of ether oxygens (including phenoxy) is 1. The molecule has 0 bridgehead atoms. The van der Waals surface area contributed by atoms with Gasteiger partial charge < -0.3 is 4.74 Å². The molecule has 0 radical (unpaired) electrons. The van der Waals surface area contributed by atoms with Crippen molar-refractivity contribution < 1.29 is 9.53 Å². The molecule has 1 aromatic rings. The van der Waals surface area contributed by atoms with E-state index < -0.39 is 5.60 Å². The Labute approximate surface area is 96.8 Å². The molecule has 0 atom stereocenters. The van der Waals surface area contributed by atoms with Crippen LogP contribution in [0.15, 0.2) is 18.3 Å². The van der Waals surface area contributed by atoms with Gasteiger partial charge in [0.1, 0.15) is 5.60 Å². The standard InChI is InChI=1S/C13H19NO2/c1-5-10-6-7-11(14-9-10)8-12(15)13(2,3)16-4/h6-7,9H,5,8H2,1-4H3. The van der Waals surface area contributed by atoms with Crippen molar-refractivity contribution in [2.45, 2.75) is 39.2 Å². The smallest absolute Gasteiger partial charge is 0.169 e. The van der Waals surface area contributed by atoms with Crippen LogP contribution in [0.1, 0.15) is 32.0 Å². The van der Waals surface area contributed by atoms with Gasteiger partial charge in [0.25, 0.3) is 0 Å². The minimum Gasteiger partial charge on any atom is -0.371 e. The van der Waals surface area contributed by atoms with Crippen LogP contribution < -0.4 is 0 Å². The molecule has 0 spiro atoms. The van der Waals surface area contributed by atoms with Crippen LogP contribution in [0, 0.1) is 0 Å². The highest BCUT2D eigenvalue weighted by Gasteiger charge is 2.26. The lowest BCUT2D eigenvalue weighted by atomic mass is 9.99. The summed E-state index contributed by atoms with van der Waals surface area (Å²) in [4.78, 5) is 16.1. The monoisotopic (exact) mass is 221 g/mol. The maximum absolute atomic E-state index is 11.9. The van der Waals surface area contributed by atoms with Crippen molar-refractivity contribution in [3.05, 3.63) is 29.6 Å². The molecule has 0 amide bonds. The van der Waals surface area contributed by atoms with Gasteiger partial charge in [0.15, 0.2) is 5.78 Å². The second-order valence-electron chi connectivity index (χ2n) is 4.33. The van der Waals surface area contributed by atoms with Crippen molar-refractivity contribution in [3.8, 4) is 0 Å². The highest BCUT2D eigenvalue weighted by Crippen LogP contribution is 2.12. The highest BCUT2D eigenvalue weighted by atomic mass is 16.5. The summed E-state index contributed by atoms with van der Waals surface area (Å²) in [5, 5.41) is 0. The molecule has 88 valence electrons. The van der Waals surface area contributed by atoms with E-state index in [4.69, 9.17) is 4.74 Å². The summed E-state index contributed by atoms with van der Waals surface area (Å²) in [6.07, 6.45) is 3.11. The summed E-state index contributed by atoms with van der Waals surface area (Å²) in [7, 11) is 1.55. The van der Waals surface area contributed by atoms with E-state index in [2.05, 4.69) is 11.9 Å². The van der Waals surface area contributed by atoms with E-state index in [1.807, 2.05) is 18.3 Å². The number of hydrogen-bond acceptors (Lipinski definition) is 3. The number of carbonyl (C=O) groups is 1. The molecular formula is C13H19NO2. The molecule has 0 aromatic carbocycles. The Bertz CT molecular complexity index is 355. The number of aromatic nitrogens is 1. The topological polar surface area (TPSA) is 39.2 Å².